The molecule has 2 rings (SSSR count). The van der Waals surface area contributed by atoms with Crippen LogP contribution < -0.4 is 4.07 Å². The number of fused-ring (bicyclic) bond motifs is 1. The van der Waals surface area contributed by atoms with Gasteiger partial charge in [0.1, 0.15) is 4.70 Å². The van der Waals surface area contributed by atoms with Crippen LogP contribution in [0.3, 0.4) is 0 Å². The average Bonchev–Trinajstić information content (AvgIpc) is 2.48. The predicted octanol–water partition coefficient (Wildman–Crippen LogP) is 2.15. The number of nitrogens with zero attached hydrogens (tertiary/aromatic N) is 2. The van der Waals surface area contributed by atoms with Crippen molar-refractivity contribution < 1.29 is 4.07 Å². The molecule has 64 valence electrons. The van der Waals surface area contributed by atoms with Crippen molar-refractivity contribution >= 4 is 21.7 Å². The maximum absolute atomic E-state index is 4.25. The SMILES string of the molecule is CC.C[n+]1nc2ccccc2s1. The number of rotatable bonds is 0. The third-order valence-corrected chi connectivity index (χ3v) is 2.23. The summed E-state index contributed by atoms with van der Waals surface area (Å²) in [4.78, 5) is 0. The van der Waals surface area contributed by atoms with Crippen molar-refractivity contribution in [2.45, 2.75) is 13.8 Å². The summed E-state index contributed by atoms with van der Waals surface area (Å²) in [6.07, 6.45) is 0. The van der Waals surface area contributed by atoms with Gasteiger partial charge >= 0.3 is 0 Å². The van der Waals surface area contributed by atoms with Crippen molar-refractivity contribution in [1.82, 2.24) is 5.10 Å². The highest BCUT2D eigenvalue weighted by molar-refractivity contribution is 7.09. The molecule has 0 spiro atoms. The van der Waals surface area contributed by atoms with Gasteiger partial charge in [-0.2, -0.15) is 0 Å². The Labute approximate surface area is 76.6 Å². The van der Waals surface area contributed by atoms with E-state index in [2.05, 4.69) is 11.2 Å². The monoisotopic (exact) mass is 181 g/mol. The number of aryl methyl sites for hydroxylation is 1. The first-order valence-corrected chi connectivity index (χ1v) is 4.86. The molecule has 0 atom stereocenters. The Morgan fingerprint density at radius 1 is 1.25 bits per heavy atom. The summed E-state index contributed by atoms with van der Waals surface area (Å²) in [6, 6.07) is 8.13. The first-order chi connectivity index (χ1) is 5.86. The Kier molecular flexibility index (Phi) is 3.17. The second-order valence-corrected chi connectivity index (χ2v) is 3.27. The second-order valence-electron chi connectivity index (χ2n) is 2.12. The molecule has 1 aromatic heterocycles. The quantitative estimate of drug-likeness (QED) is 0.569. The highest BCUT2D eigenvalue weighted by Gasteiger charge is 2.03. The number of aromatic nitrogens is 2. The van der Waals surface area contributed by atoms with Crippen LogP contribution in [0.2, 0.25) is 0 Å². The normalized spacial score (nSPS) is 9.25. The fraction of sp³-hybridized carbons (Fsp3) is 0.333. The minimum atomic E-state index is 1.08. The molecule has 3 heteroatoms. The van der Waals surface area contributed by atoms with E-state index in [-0.39, 0.29) is 0 Å². The molecule has 0 radical (unpaired) electrons. The van der Waals surface area contributed by atoms with E-state index in [4.69, 9.17) is 0 Å². The van der Waals surface area contributed by atoms with Crippen LogP contribution in [0.4, 0.5) is 0 Å². The molecule has 0 unspecified atom stereocenters. The molecule has 0 saturated carbocycles. The molecule has 2 nitrogen and oxygen atoms in total. The maximum Gasteiger partial charge on any atom is 0.180 e. The lowest BCUT2D eigenvalue weighted by Crippen LogP contribution is -2.24. The molecule has 12 heavy (non-hydrogen) atoms. The molecule has 0 N–H and O–H groups in total. The van der Waals surface area contributed by atoms with E-state index in [0.29, 0.717) is 0 Å². The van der Waals surface area contributed by atoms with E-state index >= 15 is 0 Å². The number of hydrogen-bond acceptors (Lipinski definition) is 2. The molecule has 0 amide bonds. The molecule has 0 bridgehead atoms. The zero-order valence-corrected chi connectivity index (χ0v) is 8.43. The van der Waals surface area contributed by atoms with E-state index in [1.165, 1.54) is 4.70 Å². The largest absolute Gasteiger partial charge is 0.180 e. The van der Waals surface area contributed by atoms with Crippen molar-refractivity contribution in [2.24, 2.45) is 7.05 Å². The number of benzene rings is 1. The van der Waals surface area contributed by atoms with Gasteiger partial charge in [0.05, 0.1) is 0 Å². The van der Waals surface area contributed by atoms with Gasteiger partial charge in [0.2, 0.25) is 0 Å². The Bertz CT molecular complexity index is 321. The molecule has 0 fully saturated rings. The van der Waals surface area contributed by atoms with Crippen LogP contribution >= 0.6 is 11.5 Å². The van der Waals surface area contributed by atoms with Crippen LogP contribution in [0.15, 0.2) is 24.3 Å². The third kappa shape index (κ3) is 1.80. The van der Waals surface area contributed by atoms with Crippen LogP contribution in [0.5, 0.6) is 0 Å². The Hall–Kier alpha value is -0.960. The summed E-state index contributed by atoms with van der Waals surface area (Å²) in [5.74, 6) is 0. The molecule has 1 aromatic carbocycles. The average molecular weight is 181 g/mol. The van der Waals surface area contributed by atoms with Crippen molar-refractivity contribution in [2.75, 3.05) is 0 Å². The minimum Gasteiger partial charge on any atom is -0.0683 e. The molecule has 0 aliphatic rings. The van der Waals surface area contributed by atoms with Gasteiger partial charge in [-0.1, -0.05) is 26.0 Å². The van der Waals surface area contributed by atoms with Crippen molar-refractivity contribution in [3.63, 3.8) is 0 Å². The molecule has 0 aliphatic carbocycles. The highest BCUT2D eigenvalue weighted by Crippen LogP contribution is 2.11. The van der Waals surface area contributed by atoms with Gasteiger partial charge in [0, 0.05) is 5.10 Å². The lowest BCUT2D eigenvalue weighted by molar-refractivity contribution is -0.661. The zero-order valence-electron chi connectivity index (χ0n) is 7.61. The summed E-state index contributed by atoms with van der Waals surface area (Å²) in [6.45, 7) is 4.00. The first kappa shape index (κ1) is 9.13. The summed E-state index contributed by atoms with van der Waals surface area (Å²) in [5, 5.41) is 4.25. The van der Waals surface area contributed by atoms with Gasteiger partial charge in [-0.15, -0.1) is 0 Å². The Morgan fingerprint density at radius 3 is 2.58 bits per heavy atom. The van der Waals surface area contributed by atoms with Crippen LogP contribution in [0.1, 0.15) is 13.8 Å². The molecule has 1 heterocycles. The summed E-state index contributed by atoms with van der Waals surface area (Å²) < 4.78 is 3.11. The van der Waals surface area contributed by atoms with E-state index < -0.39 is 0 Å². The molecular formula is C9H13N2S+. The zero-order chi connectivity index (χ0) is 8.97. The van der Waals surface area contributed by atoms with Crippen molar-refractivity contribution in [3.8, 4) is 0 Å². The lowest BCUT2D eigenvalue weighted by atomic mass is 10.3. The molecule has 0 aliphatic heterocycles. The maximum atomic E-state index is 4.25. The van der Waals surface area contributed by atoms with Crippen LogP contribution in [0, 0.1) is 0 Å². The fourth-order valence-electron chi connectivity index (χ4n) is 0.931. The van der Waals surface area contributed by atoms with Gasteiger partial charge in [0.25, 0.3) is 0 Å². The molecule has 2 aromatic rings. The topological polar surface area (TPSA) is 16.8 Å². The fourth-order valence-corrected chi connectivity index (χ4v) is 1.69. The summed E-state index contributed by atoms with van der Waals surface area (Å²) in [5.41, 5.74) is 1.08. The van der Waals surface area contributed by atoms with E-state index in [1.54, 1.807) is 11.5 Å². The molecule has 0 saturated heterocycles. The Balaban J connectivity index is 0.000000336. The van der Waals surface area contributed by atoms with E-state index in [0.717, 1.165) is 5.52 Å². The summed E-state index contributed by atoms with van der Waals surface area (Å²) >= 11 is 1.66. The van der Waals surface area contributed by atoms with E-state index in [9.17, 15) is 0 Å². The van der Waals surface area contributed by atoms with Crippen LogP contribution in [-0.2, 0) is 7.05 Å². The first-order valence-electron chi connectivity index (χ1n) is 4.08. The van der Waals surface area contributed by atoms with Crippen LogP contribution in [-0.4, -0.2) is 5.10 Å². The van der Waals surface area contributed by atoms with Gasteiger partial charge in [-0.3, -0.25) is 0 Å². The van der Waals surface area contributed by atoms with Gasteiger partial charge in [-0.05, 0) is 16.2 Å². The second kappa shape index (κ2) is 4.16. The Morgan fingerprint density at radius 2 is 1.92 bits per heavy atom. The van der Waals surface area contributed by atoms with Crippen LogP contribution in [0.25, 0.3) is 10.2 Å². The smallest absolute Gasteiger partial charge is 0.0683 e. The lowest BCUT2D eigenvalue weighted by Gasteiger charge is -1.74. The third-order valence-electron chi connectivity index (χ3n) is 1.34. The minimum absolute atomic E-state index is 1.08. The summed E-state index contributed by atoms with van der Waals surface area (Å²) in [7, 11) is 1.95. The van der Waals surface area contributed by atoms with Gasteiger partial charge in [0.15, 0.2) is 24.1 Å². The van der Waals surface area contributed by atoms with Gasteiger partial charge < -0.3 is 0 Å². The van der Waals surface area contributed by atoms with E-state index in [1.807, 2.05) is 43.2 Å². The molecular weight excluding hydrogens is 168 g/mol. The highest BCUT2D eigenvalue weighted by atomic mass is 32.1. The van der Waals surface area contributed by atoms with Crippen molar-refractivity contribution in [1.29, 1.82) is 0 Å². The number of hydrogen-bond donors (Lipinski definition) is 0. The van der Waals surface area contributed by atoms with Gasteiger partial charge in [-0.25, -0.2) is 0 Å². The predicted molar refractivity (Wildman–Crippen MR) is 52.1 cm³/mol. The van der Waals surface area contributed by atoms with Crippen molar-refractivity contribution in [3.05, 3.63) is 24.3 Å². The standard InChI is InChI=1S/C7H7N2S.C2H6/c1-9-8-6-4-2-3-5-7(6)10-9;1-2/h2-5H,1H3;1-2H3/q+1;.